The Morgan fingerprint density at radius 1 is 1.11 bits per heavy atom. The summed E-state index contributed by atoms with van der Waals surface area (Å²) in [5.74, 6) is -0.683. The van der Waals surface area contributed by atoms with Crippen molar-refractivity contribution in [2.45, 2.75) is 52.4 Å². The average molecular weight is 319 g/mol. The molecule has 0 atom stereocenters. The number of rotatable bonds is 10. The van der Waals surface area contributed by atoms with Crippen LogP contribution in [0.15, 0.2) is 11.6 Å². The molecule has 0 N–H and O–H groups in total. The molecule has 0 rings (SSSR count). The minimum Gasteiger partial charge on any atom is -0.462 e. The number of ketones is 1. The third-order valence-electron chi connectivity index (χ3n) is 2.53. The van der Waals surface area contributed by atoms with Crippen LogP contribution in [0.3, 0.4) is 0 Å². The van der Waals surface area contributed by atoms with Crippen molar-refractivity contribution in [1.29, 1.82) is 0 Å². The normalized spacial score (nSPS) is 11.4. The molecular weight excluding hydrogens is 296 g/mol. The Morgan fingerprint density at radius 2 is 1.78 bits per heavy atom. The number of carbonyl (C=O) groups excluding carboxylic acids is 2. The van der Waals surface area contributed by atoms with Crippen LogP contribution in [-0.4, -0.2) is 23.7 Å². The maximum atomic E-state index is 11.7. The number of unbranched alkanes of at least 4 members (excludes halogenated alkanes) is 4. The van der Waals surface area contributed by atoms with E-state index in [1.807, 2.05) is 6.92 Å². The molecule has 0 saturated heterocycles. The first-order valence-corrected chi connectivity index (χ1v) is 7.75. The van der Waals surface area contributed by atoms with E-state index in [1.54, 1.807) is 6.08 Å². The molecule has 0 heterocycles. The highest BCUT2D eigenvalue weighted by Crippen LogP contribution is 2.08. The smallest absolute Gasteiger partial charge is 0.341 e. The van der Waals surface area contributed by atoms with E-state index < -0.39 is 5.97 Å². The van der Waals surface area contributed by atoms with Gasteiger partial charge in [0.2, 0.25) is 0 Å². The summed E-state index contributed by atoms with van der Waals surface area (Å²) < 4.78 is 5.08. The van der Waals surface area contributed by atoms with Gasteiger partial charge in [0.05, 0.1) is 17.5 Å². The van der Waals surface area contributed by atoms with Gasteiger partial charge < -0.3 is 4.74 Å². The Balaban J connectivity index is 4.37. The molecule has 0 amide bonds. The fourth-order valence-electron chi connectivity index (χ4n) is 1.41. The molecule has 104 valence electrons. The van der Waals surface area contributed by atoms with Crippen molar-refractivity contribution >= 4 is 27.7 Å². The highest BCUT2D eigenvalue weighted by Gasteiger charge is 2.17. The highest BCUT2D eigenvalue weighted by molar-refractivity contribution is 9.09. The molecule has 0 unspecified atom stereocenters. The third kappa shape index (κ3) is 7.64. The summed E-state index contributed by atoms with van der Waals surface area (Å²) in [6.45, 7) is 4.53. The summed E-state index contributed by atoms with van der Waals surface area (Å²) in [7, 11) is 0. The quantitative estimate of drug-likeness (QED) is 0.154. The maximum Gasteiger partial charge on any atom is 0.341 e. The first-order chi connectivity index (χ1) is 8.67. The van der Waals surface area contributed by atoms with Crippen LogP contribution in [0.5, 0.6) is 0 Å². The predicted molar refractivity (Wildman–Crippen MR) is 76.9 cm³/mol. The standard InChI is InChI=1S/C14H23BrO3/c1-3-5-7-8-9-12(13(16)11-15)14(17)18-10-6-4-2/h9H,3-8,10-11H2,1-2H3. The van der Waals surface area contributed by atoms with Crippen molar-refractivity contribution in [3.8, 4) is 0 Å². The molecule has 0 saturated carbocycles. The zero-order chi connectivity index (χ0) is 13.8. The van der Waals surface area contributed by atoms with E-state index in [-0.39, 0.29) is 16.7 Å². The molecule has 0 aliphatic rings. The van der Waals surface area contributed by atoms with Gasteiger partial charge >= 0.3 is 5.97 Å². The largest absolute Gasteiger partial charge is 0.462 e. The lowest BCUT2D eigenvalue weighted by Crippen LogP contribution is -2.17. The molecule has 18 heavy (non-hydrogen) atoms. The van der Waals surface area contributed by atoms with Gasteiger partial charge in [-0.1, -0.05) is 55.1 Å². The van der Waals surface area contributed by atoms with Gasteiger partial charge in [-0.2, -0.15) is 0 Å². The SMILES string of the molecule is CCCCCC=C(C(=O)CBr)C(=O)OCCCC. The first-order valence-electron chi connectivity index (χ1n) is 6.63. The lowest BCUT2D eigenvalue weighted by atomic mass is 10.1. The number of hydrogen-bond acceptors (Lipinski definition) is 3. The van der Waals surface area contributed by atoms with Crippen LogP contribution < -0.4 is 0 Å². The number of esters is 1. The van der Waals surface area contributed by atoms with Crippen LogP contribution in [0.2, 0.25) is 0 Å². The zero-order valence-corrected chi connectivity index (χ0v) is 12.9. The van der Waals surface area contributed by atoms with Crippen molar-refractivity contribution in [2.24, 2.45) is 0 Å². The van der Waals surface area contributed by atoms with Gasteiger partial charge in [0.1, 0.15) is 0 Å². The minimum atomic E-state index is -0.482. The van der Waals surface area contributed by atoms with E-state index in [0.29, 0.717) is 6.61 Å². The predicted octanol–water partition coefficient (Wildman–Crippen LogP) is 3.80. The monoisotopic (exact) mass is 318 g/mol. The Labute approximate surface area is 118 Å². The molecule has 0 aromatic heterocycles. The summed E-state index contributed by atoms with van der Waals surface area (Å²) in [6, 6.07) is 0. The van der Waals surface area contributed by atoms with Crippen LogP contribution in [0.4, 0.5) is 0 Å². The molecule has 0 fully saturated rings. The molecule has 4 heteroatoms. The van der Waals surface area contributed by atoms with Gasteiger partial charge in [-0.3, -0.25) is 4.79 Å². The number of hydrogen-bond donors (Lipinski definition) is 0. The van der Waals surface area contributed by atoms with E-state index in [9.17, 15) is 9.59 Å². The van der Waals surface area contributed by atoms with Gasteiger partial charge in [0, 0.05) is 0 Å². The molecule has 0 bridgehead atoms. The second-order valence-electron chi connectivity index (χ2n) is 4.16. The van der Waals surface area contributed by atoms with Gasteiger partial charge in [-0.05, 0) is 19.3 Å². The third-order valence-corrected chi connectivity index (χ3v) is 3.04. The second-order valence-corrected chi connectivity index (χ2v) is 4.72. The summed E-state index contributed by atoms with van der Waals surface area (Å²) in [6.07, 6.45) is 7.50. The minimum absolute atomic E-state index is 0.162. The van der Waals surface area contributed by atoms with Crippen molar-refractivity contribution in [3.63, 3.8) is 0 Å². The molecule has 0 aromatic carbocycles. The lowest BCUT2D eigenvalue weighted by molar-refractivity contribution is -0.140. The molecule has 3 nitrogen and oxygen atoms in total. The number of ether oxygens (including phenoxy) is 1. The fraction of sp³-hybridized carbons (Fsp3) is 0.714. The Bertz CT molecular complexity index is 285. The molecule has 0 spiro atoms. The summed E-state index contributed by atoms with van der Waals surface area (Å²) in [5.41, 5.74) is 0.194. The van der Waals surface area contributed by atoms with E-state index in [0.717, 1.165) is 38.5 Å². The van der Waals surface area contributed by atoms with Gasteiger partial charge in [-0.15, -0.1) is 0 Å². The topological polar surface area (TPSA) is 43.4 Å². The zero-order valence-electron chi connectivity index (χ0n) is 11.3. The van der Waals surface area contributed by atoms with Gasteiger partial charge in [0.15, 0.2) is 5.78 Å². The Morgan fingerprint density at radius 3 is 2.33 bits per heavy atom. The van der Waals surface area contributed by atoms with Crippen molar-refractivity contribution in [2.75, 3.05) is 11.9 Å². The van der Waals surface area contributed by atoms with Gasteiger partial charge in [0.25, 0.3) is 0 Å². The maximum absolute atomic E-state index is 11.7. The summed E-state index contributed by atoms with van der Waals surface area (Å²) >= 11 is 3.09. The summed E-state index contributed by atoms with van der Waals surface area (Å²) in [4.78, 5) is 23.4. The molecule has 0 aliphatic carbocycles. The molecule has 0 radical (unpaired) electrons. The Kier molecular flexibility index (Phi) is 11.0. The molecule has 0 aromatic rings. The summed E-state index contributed by atoms with van der Waals surface area (Å²) in [5, 5.41) is 0.162. The second kappa shape index (κ2) is 11.5. The fourth-order valence-corrected chi connectivity index (χ4v) is 1.71. The number of Topliss-reactive ketones (excluding diaryl/α,β-unsaturated/α-hetero) is 1. The van der Waals surface area contributed by atoms with Crippen LogP contribution in [0.25, 0.3) is 0 Å². The molecule has 0 aliphatic heterocycles. The van der Waals surface area contributed by atoms with Crippen molar-refractivity contribution in [1.82, 2.24) is 0 Å². The van der Waals surface area contributed by atoms with Gasteiger partial charge in [-0.25, -0.2) is 4.79 Å². The lowest BCUT2D eigenvalue weighted by Gasteiger charge is -2.06. The van der Waals surface area contributed by atoms with Crippen molar-refractivity contribution in [3.05, 3.63) is 11.6 Å². The van der Waals surface area contributed by atoms with E-state index >= 15 is 0 Å². The van der Waals surface area contributed by atoms with Crippen LogP contribution >= 0.6 is 15.9 Å². The number of alkyl halides is 1. The first kappa shape index (κ1) is 17.4. The van der Waals surface area contributed by atoms with E-state index in [4.69, 9.17) is 4.74 Å². The number of carbonyl (C=O) groups is 2. The van der Waals surface area contributed by atoms with E-state index in [1.165, 1.54) is 0 Å². The van der Waals surface area contributed by atoms with Crippen LogP contribution in [-0.2, 0) is 14.3 Å². The number of allylic oxidation sites excluding steroid dienone is 1. The van der Waals surface area contributed by atoms with Crippen molar-refractivity contribution < 1.29 is 14.3 Å². The Hall–Kier alpha value is -0.640. The van der Waals surface area contributed by atoms with Crippen LogP contribution in [0.1, 0.15) is 52.4 Å². The van der Waals surface area contributed by atoms with E-state index in [2.05, 4.69) is 22.9 Å². The number of halogens is 1. The average Bonchev–Trinajstić information content (AvgIpc) is 2.38. The molecular formula is C14H23BrO3. The van der Waals surface area contributed by atoms with Crippen LogP contribution in [0, 0.1) is 0 Å². The highest BCUT2D eigenvalue weighted by atomic mass is 79.9.